The molecular weight excluding hydrogens is 300 g/mol. The first kappa shape index (κ1) is 16.2. The summed E-state index contributed by atoms with van der Waals surface area (Å²) in [5.41, 5.74) is 0.849. The highest BCUT2D eigenvalue weighted by Crippen LogP contribution is 2.39. The fourth-order valence-corrected chi connectivity index (χ4v) is 3.25. The van der Waals surface area contributed by atoms with Crippen LogP contribution >= 0.6 is 0 Å². The maximum Gasteiger partial charge on any atom is 0.318 e. The second-order valence-corrected chi connectivity index (χ2v) is 5.76. The quantitative estimate of drug-likeness (QED) is 0.790. The minimum absolute atomic E-state index is 0.276. The third-order valence-corrected chi connectivity index (χ3v) is 4.47. The molecule has 2 fully saturated rings. The van der Waals surface area contributed by atoms with Gasteiger partial charge in [0.15, 0.2) is 6.29 Å². The van der Waals surface area contributed by atoms with Crippen LogP contribution in [-0.4, -0.2) is 46.6 Å². The highest BCUT2D eigenvalue weighted by Gasteiger charge is 2.44. The lowest BCUT2D eigenvalue weighted by Gasteiger charge is -2.35. The Bertz CT molecular complexity index is 558. The molecule has 2 saturated heterocycles. The maximum atomic E-state index is 12.5. The first-order valence-corrected chi connectivity index (χ1v) is 7.79. The lowest BCUT2D eigenvalue weighted by atomic mass is 9.75. The fourth-order valence-electron chi connectivity index (χ4n) is 3.25. The molecule has 2 aliphatic rings. The van der Waals surface area contributed by atoms with E-state index in [-0.39, 0.29) is 5.97 Å². The molecule has 23 heavy (non-hydrogen) atoms. The number of rotatable bonds is 4. The molecule has 1 unspecified atom stereocenters. The standard InChI is InChI=1S/C17H22O6/c1-19-14-5-4-12(10-13(14)15-22-8-9-23-15)17(16(18)20-2)6-3-7-21-11-17/h4-5,10,15H,3,6-9,11H2,1-2H3. The van der Waals surface area contributed by atoms with E-state index < -0.39 is 11.7 Å². The molecule has 1 aromatic carbocycles. The highest BCUT2D eigenvalue weighted by molar-refractivity contribution is 5.83. The topological polar surface area (TPSA) is 63.2 Å². The first-order chi connectivity index (χ1) is 11.2. The molecule has 6 nitrogen and oxygen atoms in total. The summed E-state index contributed by atoms with van der Waals surface area (Å²) in [6.45, 7) is 2.07. The van der Waals surface area contributed by atoms with Gasteiger partial charge >= 0.3 is 5.97 Å². The van der Waals surface area contributed by atoms with Crippen molar-refractivity contribution in [2.45, 2.75) is 24.5 Å². The van der Waals surface area contributed by atoms with Gasteiger partial charge in [-0.15, -0.1) is 0 Å². The Morgan fingerprint density at radius 2 is 2.00 bits per heavy atom. The van der Waals surface area contributed by atoms with Crippen LogP contribution in [0.3, 0.4) is 0 Å². The molecule has 1 atom stereocenters. The SMILES string of the molecule is COC(=O)C1(c2ccc(OC)c(C3OCCO3)c2)CCCOC1. The molecule has 0 N–H and O–H groups in total. The largest absolute Gasteiger partial charge is 0.496 e. The van der Waals surface area contributed by atoms with Crippen LogP contribution in [0.2, 0.25) is 0 Å². The van der Waals surface area contributed by atoms with Crippen molar-refractivity contribution in [3.63, 3.8) is 0 Å². The molecule has 0 amide bonds. The van der Waals surface area contributed by atoms with E-state index in [0.717, 1.165) is 17.5 Å². The van der Waals surface area contributed by atoms with Gasteiger partial charge in [0, 0.05) is 6.61 Å². The molecule has 0 radical (unpaired) electrons. The number of benzene rings is 1. The van der Waals surface area contributed by atoms with E-state index in [0.29, 0.717) is 38.6 Å². The predicted molar refractivity (Wildman–Crippen MR) is 81.4 cm³/mol. The van der Waals surface area contributed by atoms with Crippen LogP contribution in [0.4, 0.5) is 0 Å². The van der Waals surface area contributed by atoms with Crippen molar-refractivity contribution < 1.29 is 28.5 Å². The van der Waals surface area contributed by atoms with Crippen LogP contribution in [0.1, 0.15) is 30.3 Å². The van der Waals surface area contributed by atoms with Crippen molar-refractivity contribution in [1.82, 2.24) is 0 Å². The van der Waals surface area contributed by atoms with Crippen molar-refractivity contribution >= 4 is 5.97 Å². The van der Waals surface area contributed by atoms with Gasteiger partial charge in [-0.1, -0.05) is 6.07 Å². The van der Waals surface area contributed by atoms with E-state index in [1.54, 1.807) is 7.11 Å². The Morgan fingerprint density at radius 1 is 1.22 bits per heavy atom. The van der Waals surface area contributed by atoms with E-state index in [4.69, 9.17) is 23.7 Å². The maximum absolute atomic E-state index is 12.5. The smallest absolute Gasteiger partial charge is 0.318 e. The zero-order chi connectivity index (χ0) is 16.3. The summed E-state index contributed by atoms with van der Waals surface area (Å²) < 4.78 is 27.2. The summed E-state index contributed by atoms with van der Waals surface area (Å²) in [4.78, 5) is 12.5. The van der Waals surface area contributed by atoms with Crippen molar-refractivity contribution in [3.05, 3.63) is 29.3 Å². The molecule has 1 aromatic rings. The number of methoxy groups -OCH3 is 2. The number of carbonyl (C=O) groups excluding carboxylic acids is 1. The zero-order valence-electron chi connectivity index (χ0n) is 13.5. The van der Waals surface area contributed by atoms with Gasteiger partial charge in [0.1, 0.15) is 11.2 Å². The number of hydrogen-bond acceptors (Lipinski definition) is 6. The van der Waals surface area contributed by atoms with Crippen LogP contribution in [-0.2, 0) is 29.2 Å². The molecule has 2 aliphatic heterocycles. The second kappa shape index (κ2) is 6.86. The van der Waals surface area contributed by atoms with Crippen molar-refractivity contribution in [1.29, 1.82) is 0 Å². The Morgan fingerprint density at radius 3 is 2.61 bits per heavy atom. The van der Waals surface area contributed by atoms with Gasteiger partial charge in [-0.2, -0.15) is 0 Å². The monoisotopic (exact) mass is 322 g/mol. The van der Waals surface area contributed by atoms with Gasteiger partial charge in [0.2, 0.25) is 0 Å². The molecule has 0 aromatic heterocycles. The number of hydrogen-bond donors (Lipinski definition) is 0. The Balaban J connectivity index is 2.02. The van der Waals surface area contributed by atoms with E-state index >= 15 is 0 Å². The third kappa shape index (κ3) is 2.94. The fraction of sp³-hybridized carbons (Fsp3) is 0.588. The summed E-state index contributed by atoms with van der Waals surface area (Å²) >= 11 is 0. The van der Waals surface area contributed by atoms with Gasteiger partial charge in [-0.25, -0.2) is 0 Å². The molecule has 0 saturated carbocycles. The van der Waals surface area contributed by atoms with Crippen molar-refractivity contribution in [2.75, 3.05) is 40.6 Å². The zero-order valence-corrected chi connectivity index (χ0v) is 13.5. The molecule has 126 valence electrons. The van der Waals surface area contributed by atoms with E-state index in [1.165, 1.54) is 7.11 Å². The summed E-state index contributed by atoms with van der Waals surface area (Å²) in [5.74, 6) is 0.402. The van der Waals surface area contributed by atoms with Gasteiger partial charge in [0.25, 0.3) is 0 Å². The van der Waals surface area contributed by atoms with Crippen LogP contribution in [0.15, 0.2) is 18.2 Å². The van der Waals surface area contributed by atoms with E-state index in [1.807, 2.05) is 18.2 Å². The molecule has 0 bridgehead atoms. The predicted octanol–water partition coefficient (Wildman–Crippen LogP) is 1.96. The van der Waals surface area contributed by atoms with E-state index in [9.17, 15) is 4.79 Å². The van der Waals surface area contributed by atoms with Gasteiger partial charge in [-0.05, 0) is 30.5 Å². The normalized spacial score (nSPS) is 25.3. The Hall–Kier alpha value is -1.63. The average Bonchev–Trinajstić information content (AvgIpc) is 3.15. The molecule has 0 aliphatic carbocycles. The average molecular weight is 322 g/mol. The molecule has 2 heterocycles. The molecule has 3 rings (SSSR count). The summed E-state index contributed by atoms with van der Waals surface area (Å²) in [7, 11) is 3.01. The summed E-state index contributed by atoms with van der Waals surface area (Å²) in [6, 6.07) is 5.65. The van der Waals surface area contributed by atoms with Crippen molar-refractivity contribution in [2.24, 2.45) is 0 Å². The lowest BCUT2D eigenvalue weighted by molar-refractivity contribution is -0.153. The third-order valence-electron chi connectivity index (χ3n) is 4.47. The Kier molecular flexibility index (Phi) is 4.84. The highest BCUT2D eigenvalue weighted by atomic mass is 16.7. The van der Waals surface area contributed by atoms with Gasteiger partial charge in [-0.3, -0.25) is 4.79 Å². The first-order valence-electron chi connectivity index (χ1n) is 7.79. The van der Waals surface area contributed by atoms with Crippen LogP contribution < -0.4 is 4.74 Å². The second-order valence-electron chi connectivity index (χ2n) is 5.76. The molecule has 0 spiro atoms. The van der Waals surface area contributed by atoms with Crippen LogP contribution in [0.5, 0.6) is 5.75 Å². The molecular formula is C17H22O6. The number of ether oxygens (including phenoxy) is 5. The minimum Gasteiger partial charge on any atom is -0.496 e. The van der Waals surface area contributed by atoms with Crippen LogP contribution in [0, 0.1) is 0 Å². The molecule has 6 heteroatoms. The van der Waals surface area contributed by atoms with Gasteiger partial charge in [0.05, 0.1) is 39.6 Å². The van der Waals surface area contributed by atoms with Crippen LogP contribution in [0.25, 0.3) is 0 Å². The minimum atomic E-state index is -0.785. The number of esters is 1. The van der Waals surface area contributed by atoms with E-state index in [2.05, 4.69) is 0 Å². The lowest BCUT2D eigenvalue weighted by Crippen LogP contribution is -2.44. The number of carbonyl (C=O) groups is 1. The van der Waals surface area contributed by atoms with Crippen molar-refractivity contribution in [3.8, 4) is 5.75 Å². The Labute approximate surface area is 135 Å². The summed E-state index contributed by atoms with van der Waals surface area (Å²) in [6.07, 6.45) is 1.04. The van der Waals surface area contributed by atoms with Gasteiger partial charge < -0.3 is 23.7 Å². The summed E-state index contributed by atoms with van der Waals surface area (Å²) in [5, 5.41) is 0.